The lowest BCUT2D eigenvalue weighted by Gasteiger charge is -2.34. The Morgan fingerprint density at radius 2 is 1.89 bits per heavy atom. The highest BCUT2D eigenvalue weighted by Crippen LogP contribution is 2.32. The van der Waals surface area contributed by atoms with Crippen LogP contribution in [0.1, 0.15) is 46.9 Å². The van der Waals surface area contributed by atoms with Crippen molar-refractivity contribution < 1.29 is 27.5 Å². The van der Waals surface area contributed by atoms with Crippen molar-refractivity contribution in [3.05, 3.63) is 70.8 Å². The van der Waals surface area contributed by atoms with Gasteiger partial charge in [-0.3, -0.25) is 4.79 Å². The molecule has 2 unspecified atom stereocenters. The summed E-state index contributed by atoms with van der Waals surface area (Å²) in [6.45, 7) is 3.07. The van der Waals surface area contributed by atoms with Gasteiger partial charge in [-0.05, 0) is 43.2 Å². The Morgan fingerprint density at radius 3 is 2.59 bits per heavy atom. The van der Waals surface area contributed by atoms with E-state index < -0.39 is 35.3 Å². The number of cyclic esters (lactones) is 1. The summed E-state index contributed by atoms with van der Waals surface area (Å²) in [5, 5.41) is 2.65. The number of nitrogens with one attached hydrogen (secondary N) is 1. The number of amides is 1. The minimum absolute atomic E-state index is 0.191. The third-order valence-electron chi connectivity index (χ3n) is 4.62. The maximum Gasteiger partial charge on any atom is 0.416 e. The molecular formula is C20H18F3NO3. The van der Waals surface area contributed by atoms with Crippen LogP contribution in [-0.2, 0) is 22.1 Å². The lowest BCUT2D eigenvalue weighted by molar-refractivity contribution is -0.140. The summed E-state index contributed by atoms with van der Waals surface area (Å²) < 4.78 is 44.0. The highest BCUT2D eigenvalue weighted by Gasteiger charge is 2.43. The van der Waals surface area contributed by atoms with Crippen molar-refractivity contribution in [2.24, 2.45) is 0 Å². The molecule has 3 rings (SSSR count). The summed E-state index contributed by atoms with van der Waals surface area (Å²) in [5.74, 6) is -1.16. The van der Waals surface area contributed by atoms with Crippen molar-refractivity contribution in [3.8, 4) is 0 Å². The number of carbonyl (C=O) groups excluding carboxylic acids is 2. The fourth-order valence-electron chi connectivity index (χ4n) is 3.08. The van der Waals surface area contributed by atoms with Gasteiger partial charge in [-0.25, -0.2) is 4.79 Å². The maximum atomic E-state index is 12.9. The van der Waals surface area contributed by atoms with E-state index in [2.05, 4.69) is 5.32 Å². The van der Waals surface area contributed by atoms with Crippen LogP contribution in [0.4, 0.5) is 13.2 Å². The molecule has 1 aliphatic rings. The van der Waals surface area contributed by atoms with Gasteiger partial charge in [0.2, 0.25) is 0 Å². The number of hydrogen-bond donors (Lipinski definition) is 1. The first-order chi connectivity index (χ1) is 12.6. The molecule has 7 heteroatoms. The molecule has 0 spiro atoms. The Kier molecular flexibility index (Phi) is 4.71. The fourth-order valence-corrected chi connectivity index (χ4v) is 3.08. The Morgan fingerprint density at radius 1 is 1.19 bits per heavy atom. The van der Waals surface area contributed by atoms with Gasteiger partial charge in [0.05, 0.1) is 17.2 Å². The van der Waals surface area contributed by atoms with E-state index in [1.165, 1.54) is 19.1 Å². The van der Waals surface area contributed by atoms with Crippen molar-refractivity contribution >= 4 is 11.9 Å². The van der Waals surface area contributed by atoms with Crippen molar-refractivity contribution in [2.75, 3.05) is 0 Å². The number of benzene rings is 2. The number of rotatable bonds is 3. The number of esters is 1. The molecule has 1 aliphatic heterocycles. The van der Waals surface area contributed by atoms with Gasteiger partial charge in [-0.2, -0.15) is 13.2 Å². The van der Waals surface area contributed by atoms with Crippen molar-refractivity contribution in [3.63, 3.8) is 0 Å². The summed E-state index contributed by atoms with van der Waals surface area (Å²) in [6, 6.07) is 10.9. The van der Waals surface area contributed by atoms with Crippen LogP contribution < -0.4 is 5.32 Å². The van der Waals surface area contributed by atoms with E-state index in [0.717, 1.165) is 12.1 Å². The standard InChI is InChI=1S/C20H18F3NO3/c1-12(13-7-5-8-15(10-13)20(21,22)23)24-18(26)19(2)11-14-6-3-4-9-16(14)17(25)27-19/h3-10,12H,11H2,1-2H3,(H,24,26). The van der Waals surface area contributed by atoms with Crippen LogP contribution in [0.3, 0.4) is 0 Å². The average Bonchev–Trinajstić information content (AvgIpc) is 2.61. The van der Waals surface area contributed by atoms with E-state index in [0.29, 0.717) is 16.7 Å². The number of halogens is 3. The van der Waals surface area contributed by atoms with Crippen LogP contribution in [0.2, 0.25) is 0 Å². The third-order valence-corrected chi connectivity index (χ3v) is 4.62. The Hall–Kier alpha value is -2.83. The number of hydrogen-bond acceptors (Lipinski definition) is 3. The average molecular weight is 377 g/mol. The molecule has 0 aliphatic carbocycles. The first kappa shape index (κ1) is 18.9. The van der Waals surface area contributed by atoms with Crippen LogP contribution in [0.5, 0.6) is 0 Å². The van der Waals surface area contributed by atoms with Crippen LogP contribution in [0.25, 0.3) is 0 Å². The third kappa shape index (κ3) is 3.82. The second-order valence-electron chi connectivity index (χ2n) is 6.77. The van der Waals surface area contributed by atoms with Crippen LogP contribution in [0, 0.1) is 0 Å². The van der Waals surface area contributed by atoms with Gasteiger partial charge in [-0.15, -0.1) is 0 Å². The van der Waals surface area contributed by atoms with Gasteiger partial charge < -0.3 is 10.1 Å². The molecule has 0 saturated carbocycles. The van der Waals surface area contributed by atoms with Gasteiger partial charge in [0, 0.05) is 6.42 Å². The molecule has 0 aromatic heterocycles. The van der Waals surface area contributed by atoms with Gasteiger partial charge in [-0.1, -0.05) is 30.3 Å². The van der Waals surface area contributed by atoms with Crippen molar-refractivity contribution in [2.45, 2.75) is 38.1 Å². The molecule has 2 aromatic carbocycles. The zero-order valence-corrected chi connectivity index (χ0v) is 14.8. The lowest BCUT2D eigenvalue weighted by Crippen LogP contribution is -2.52. The Labute approximate surface area is 154 Å². The van der Waals surface area contributed by atoms with Gasteiger partial charge in [0.1, 0.15) is 0 Å². The molecule has 142 valence electrons. The van der Waals surface area contributed by atoms with E-state index >= 15 is 0 Å². The molecule has 0 radical (unpaired) electrons. The lowest BCUT2D eigenvalue weighted by atomic mass is 9.89. The summed E-state index contributed by atoms with van der Waals surface area (Å²) >= 11 is 0. The molecule has 0 bridgehead atoms. The van der Waals surface area contributed by atoms with Crippen molar-refractivity contribution in [1.82, 2.24) is 5.32 Å². The van der Waals surface area contributed by atoms with E-state index in [1.54, 1.807) is 31.2 Å². The number of carbonyl (C=O) groups is 2. The molecule has 0 fully saturated rings. The number of ether oxygens (including phenoxy) is 1. The second kappa shape index (κ2) is 6.72. The Balaban J connectivity index is 1.78. The molecule has 4 nitrogen and oxygen atoms in total. The highest BCUT2D eigenvalue weighted by atomic mass is 19.4. The number of fused-ring (bicyclic) bond motifs is 1. The highest BCUT2D eigenvalue weighted by molar-refractivity contribution is 5.97. The SMILES string of the molecule is CC(NC(=O)C1(C)Cc2ccccc2C(=O)O1)c1cccc(C(F)(F)F)c1. The van der Waals surface area contributed by atoms with Crippen LogP contribution >= 0.6 is 0 Å². The van der Waals surface area contributed by atoms with Gasteiger partial charge >= 0.3 is 12.1 Å². The van der Waals surface area contributed by atoms with Crippen LogP contribution in [0.15, 0.2) is 48.5 Å². The van der Waals surface area contributed by atoms with Gasteiger partial charge in [0.15, 0.2) is 5.60 Å². The first-order valence-corrected chi connectivity index (χ1v) is 8.39. The second-order valence-corrected chi connectivity index (χ2v) is 6.77. The monoisotopic (exact) mass is 377 g/mol. The smallest absolute Gasteiger partial charge is 0.416 e. The van der Waals surface area contributed by atoms with Crippen LogP contribution in [-0.4, -0.2) is 17.5 Å². The maximum absolute atomic E-state index is 12.9. The molecule has 27 heavy (non-hydrogen) atoms. The fraction of sp³-hybridized carbons (Fsp3) is 0.300. The zero-order chi connectivity index (χ0) is 19.8. The first-order valence-electron chi connectivity index (χ1n) is 8.39. The molecular weight excluding hydrogens is 359 g/mol. The summed E-state index contributed by atoms with van der Waals surface area (Å²) in [4.78, 5) is 24.9. The molecule has 1 amide bonds. The zero-order valence-electron chi connectivity index (χ0n) is 14.8. The quantitative estimate of drug-likeness (QED) is 0.821. The molecule has 0 saturated heterocycles. The van der Waals surface area contributed by atoms with Gasteiger partial charge in [0.25, 0.3) is 5.91 Å². The predicted octanol–water partition coefficient (Wildman–Crippen LogP) is 4.05. The molecule has 1 N–H and O–H groups in total. The summed E-state index contributed by atoms with van der Waals surface area (Å²) in [5.41, 5.74) is -0.803. The topological polar surface area (TPSA) is 55.4 Å². The van der Waals surface area contributed by atoms with E-state index in [9.17, 15) is 22.8 Å². The normalized spacial score (nSPS) is 20.4. The minimum atomic E-state index is -4.46. The van der Waals surface area contributed by atoms with E-state index in [1.807, 2.05) is 0 Å². The summed E-state index contributed by atoms with van der Waals surface area (Å²) in [6.07, 6.45) is -4.27. The number of alkyl halides is 3. The molecule has 2 aromatic rings. The Bertz CT molecular complexity index is 894. The van der Waals surface area contributed by atoms with E-state index in [4.69, 9.17) is 4.74 Å². The van der Waals surface area contributed by atoms with E-state index in [-0.39, 0.29) is 6.42 Å². The molecule has 1 heterocycles. The largest absolute Gasteiger partial charge is 0.445 e. The minimum Gasteiger partial charge on any atom is -0.445 e. The van der Waals surface area contributed by atoms with Crippen molar-refractivity contribution in [1.29, 1.82) is 0 Å². The predicted molar refractivity (Wildman–Crippen MR) is 92.0 cm³/mol. The molecule has 2 atom stereocenters. The summed E-state index contributed by atoms with van der Waals surface area (Å²) in [7, 11) is 0.